The maximum absolute atomic E-state index is 13.7. The molecular formula is C29H47N11O5. The molecule has 0 bridgehead atoms. The monoisotopic (exact) mass is 629 g/mol. The van der Waals surface area contributed by atoms with Crippen LogP contribution in [-0.4, -0.2) is 83.0 Å². The zero-order valence-electron chi connectivity index (χ0n) is 25.8. The van der Waals surface area contributed by atoms with Gasteiger partial charge in [0.1, 0.15) is 18.1 Å². The first-order chi connectivity index (χ1) is 21.3. The fourth-order valence-electron chi connectivity index (χ4n) is 4.70. The highest BCUT2D eigenvalue weighted by atomic mass is 16.4. The molecule has 0 aliphatic carbocycles. The van der Waals surface area contributed by atoms with Gasteiger partial charge in [-0.05, 0) is 49.7 Å². The first-order valence-corrected chi connectivity index (χ1v) is 14.8. The molecule has 248 valence electrons. The predicted molar refractivity (Wildman–Crippen MR) is 173 cm³/mol. The summed E-state index contributed by atoms with van der Waals surface area (Å²) >= 11 is 0. The summed E-state index contributed by atoms with van der Waals surface area (Å²) in [6.45, 7) is 4.23. The third-order valence-corrected chi connectivity index (χ3v) is 6.93. The number of aromatic amines is 1. The summed E-state index contributed by atoms with van der Waals surface area (Å²) in [5.74, 6) is -3.23. The lowest BCUT2D eigenvalue weighted by atomic mass is 10.0. The number of nitrogens with one attached hydrogen (secondary N) is 4. The number of aliphatic carboxylic acids is 1. The van der Waals surface area contributed by atoms with E-state index in [0.29, 0.717) is 12.8 Å². The van der Waals surface area contributed by atoms with E-state index >= 15 is 0 Å². The van der Waals surface area contributed by atoms with Gasteiger partial charge in [-0.2, -0.15) is 0 Å². The molecule has 4 atom stereocenters. The number of rotatable bonds is 19. The van der Waals surface area contributed by atoms with Crippen molar-refractivity contribution >= 4 is 46.5 Å². The van der Waals surface area contributed by atoms with Crippen molar-refractivity contribution in [3.05, 3.63) is 36.0 Å². The summed E-state index contributed by atoms with van der Waals surface area (Å²) in [5, 5.41) is 18.6. The quantitative estimate of drug-likeness (QED) is 0.0499. The zero-order valence-corrected chi connectivity index (χ0v) is 25.8. The van der Waals surface area contributed by atoms with Crippen molar-refractivity contribution in [2.75, 3.05) is 13.1 Å². The summed E-state index contributed by atoms with van der Waals surface area (Å²) in [6, 6.07) is 3.05. The van der Waals surface area contributed by atoms with Crippen molar-refractivity contribution in [3.63, 3.8) is 0 Å². The number of para-hydroxylation sites is 1. The molecule has 0 saturated heterocycles. The SMILES string of the molecule is CC(C)CC(N)C(=O)NC(CCCN=C(N)N)C(=O)NC(Cc1c[nH]c2ccccc12)C(=O)NC(CCCN=C(N)N)C(=O)O. The molecule has 16 nitrogen and oxygen atoms in total. The van der Waals surface area contributed by atoms with Crippen molar-refractivity contribution in [1.29, 1.82) is 0 Å². The molecule has 0 radical (unpaired) electrons. The van der Waals surface area contributed by atoms with E-state index in [9.17, 15) is 24.3 Å². The number of H-pyrrole nitrogens is 1. The van der Waals surface area contributed by atoms with Gasteiger partial charge in [0.05, 0.1) is 6.04 Å². The zero-order chi connectivity index (χ0) is 33.5. The van der Waals surface area contributed by atoms with Crippen LogP contribution in [-0.2, 0) is 25.6 Å². The van der Waals surface area contributed by atoms with Gasteiger partial charge >= 0.3 is 5.97 Å². The second kappa shape index (κ2) is 18.1. The van der Waals surface area contributed by atoms with Gasteiger partial charge in [-0.15, -0.1) is 0 Å². The molecule has 2 aromatic rings. The number of hydrogen-bond acceptors (Lipinski definition) is 7. The number of nitrogens with zero attached hydrogens (tertiary/aromatic N) is 2. The fourth-order valence-corrected chi connectivity index (χ4v) is 4.70. The van der Waals surface area contributed by atoms with Gasteiger partial charge in [0.2, 0.25) is 17.7 Å². The lowest BCUT2D eigenvalue weighted by Gasteiger charge is -2.25. The van der Waals surface area contributed by atoms with Gasteiger partial charge in [0.25, 0.3) is 0 Å². The van der Waals surface area contributed by atoms with Crippen LogP contribution in [0.2, 0.25) is 0 Å². The molecule has 16 heteroatoms. The van der Waals surface area contributed by atoms with E-state index in [1.807, 2.05) is 38.1 Å². The van der Waals surface area contributed by atoms with Crippen LogP contribution in [0.3, 0.4) is 0 Å². The van der Waals surface area contributed by atoms with Crippen LogP contribution >= 0.6 is 0 Å². The number of guanidine groups is 2. The molecule has 0 spiro atoms. The summed E-state index contributed by atoms with van der Waals surface area (Å²) in [4.78, 5) is 63.0. The molecule has 1 aromatic heterocycles. The Labute approximate surface area is 262 Å². The van der Waals surface area contributed by atoms with Crippen LogP contribution in [0.1, 0.15) is 51.5 Å². The highest BCUT2D eigenvalue weighted by molar-refractivity contribution is 5.95. The number of carboxylic acids is 1. The summed E-state index contributed by atoms with van der Waals surface area (Å²) < 4.78 is 0. The number of nitrogens with two attached hydrogens (primary N) is 5. The third kappa shape index (κ3) is 12.7. The van der Waals surface area contributed by atoms with E-state index in [1.165, 1.54) is 0 Å². The van der Waals surface area contributed by atoms with Crippen LogP contribution in [0.5, 0.6) is 0 Å². The number of aromatic nitrogens is 1. The minimum atomic E-state index is -1.27. The van der Waals surface area contributed by atoms with E-state index in [1.54, 1.807) is 6.20 Å². The Kier molecular flexibility index (Phi) is 14.6. The van der Waals surface area contributed by atoms with Crippen LogP contribution < -0.4 is 44.6 Å². The Hall–Kier alpha value is -4.86. The summed E-state index contributed by atoms with van der Waals surface area (Å²) in [5.41, 5.74) is 29.1. The third-order valence-electron chi connectivity index (χ3n) is 6.93. The molecule has 4 unspecified atom stereocenters. The first kappa shape index (κ1) is 36.3. The van der Waals surface area contributed by atoms with E-state index in [2.05, 4.69) is 30.9 Å². The first-order valence-electron chi connectivity index (χ1n) is 14.8. The van der Waals surface area contributed by atoms with E-state index in [0.717, 1.165) is 16.5 Å². The largest absolute Gasteiger partial charge is 0.480 e. The van der Waals surface area contributed by atoms with E-state index < -0.39 is 47.9 Å². The van der Waals surface area contributed by atoms with Crippen LogP contribution in [0.25, 0.3) is 10.9 Å². The molecule has 45 heavy (non-hydrogen) atoms. The maximum Gasteiger partial charge on any atom is 0.326 e. The minimum Gasteiger partial charge on any atom is -0.480 e. The standard InChI is InChI=1S/C29H47N11O5/c1-16(2)13-19(30)24(41)38-21(9-5-11-35-28(31)32)25(42)40-23(14-17-15-37-20-8-4-3-7-18(17)20)26(43)39-22(27(44)45)10-6-12-36-29(33)34/h3-4,7-8,15-16,19,21-23,37H,5-6,9-14,30H2,1-2H3,(H,38,41)(H,39,43)(H,40,42)(H,44,45)(H4,31,32,35)(H4,33,34,36). The number of amides is 3. The maximum atomic E-state index is 13.7. The second-order valence-corrected chi connectivity index (χ2v) is 11.2. The predicted octanol–water partition coefficient (Wildman–Crippen LogP) is -1.27. The smallest absolute Gasteiger partial charge is 0.326 e. The highest BCUT2D eigenvalue weighted by Gasteiger charge is 2.31. The molecule has 1 aromatic carbocycles. The molecule has 0 fully saturated rings. The molecule has 0 saturated carbocycles. The van der Waals surface area contributed by atoms with Crippen molar-refractivity contribution in [1.82, 2.24) is 20.9 Å². The number of hydrogen-bond donors (Lipinski definition) is 10. The average molecular weight is 630 g/mol. The number of fused-ring (bicyclic) bond motifs is 1. The lowest BCUT2D eigenvalue weighted by Crippen LogP contribution is -2.57. The molecule has 15 N–H and O–H groups in total. The Morgan fingerprint density at radius 3 is 1.93 bits per heavy atom. The molecule has 2 rings (SSSR count). The Morgan fingerprint density at radius 2 is 1.36 bits per heavy atom. The van der Waals surface area contributed by atoms with Gasteiger partial charge in [-0.1, -0.05) is 32.0 Å². The van der Waals surface area contributed by atoms with Crippen LogP contribution in [0, 0.1) is 5.92 Å². The number of carbonyl (C=O) groups is 4. The molecule has 3 amide bonds. The highest BCUT2D eigenvalue weighted by Crippen LogP contribution is 2.19. The molecular weight excluding hydrogens is 582 g/mol. The Morgan fingerprint density at radius 1 is 0.822 bits per heavy atom. The van der Waals surface area contributed by atoms with Crippen molar-refractivity contribution in [2.45, 2.75) is 76.5 Å². The molecule has 0 aliphatic heterocycles. The van der Waals surface area contributed by atoms with Crippen LogP contribution in [0.4, 0.5) is 0 Å². The van der Waals surface area contributed by atoms with Gasteiger partial charge < -0.3 is 54.7 Å². The number of carboxylic acid groups (broad SMARTS) is 1. The second-order valence-electron chi connectivity index (χ2n) is 11.2. The summed E-state index contributed by atoms with van der Waals surface area (Å²) in [6.07, 6.45) is 2.97. The van der Waals surface area contributed by atoms with E-state index in [4.69, 9.17) is 28.7 Å². The summed E-state index contributed by atoms with van der Waals surface area (Å²) in [7, 11) is 0. The van der Waals surface area contributed by atoms with Crippen molar-refractivity contribution < 1.29 is 24.3 Å². The van der Waals surface area contributed by atoms with Gasteiger partial charge in [-0.25, -0.2) is 4.79 Å². The van der Waals surface area contributed by atoms with Crippen LogP contribution in [0.15, 0.2) is 40.4 Å². The average Bonchev–Trinajstić information content (AvgIpc) is 3.37. The van der Waals surface area contributed by atoms with Gasteiger partial charge in [0.15, 0.2) is 11.9 Å². The topological polar surface area (TPSA) is 295 Å². The van der Waals surface area contributed by atoms with Gasteiger partial charge in [-0.3, -0.25) is 24.4 Å². The van der Waals surface area contributed by atoms with Crippen molar-refractivity contribution in [2.24, 2.45) is 44.6 Å². The fraction of sp³-hybridized carbons (Fsp3) is 0.517. The molecule has 1 heterocycles. The van der Waals surface area contributed by atoms with E-state index in [-0.39, 0.29) is 56.6 Å². The minimum absolute atomic E-state index is 0.0312. The molecule has 0 aliphatic rings. The Balaban J connectivity index is 2.32. The number of aliphatic imine (C=N–C) groups is 2. The Bertz CT molecular complexity index is 1350. The lowest BCUT2D eigenvalue weighted by molar-refractivity contribution is -0.142. The number of benzene rings is 1. The van der Waals surface area contributed by atoms with Crippen molar-refractivity contribution in [3.8, 4) is 0 Å². The van der Waals surface area contributed by atoms with Gasteiger partial charge in [0, 0.05) is 36.6 Å². The number of carbonyl (C=O) groups excluding carboxylic acids is 3. The normalized spacial score (nSPS) is 13.7.